The van der Waals surface area contributed by atoms with E-state index in [-0.39, 0.29) is 18.1 Å². The maximum atomic E-state index is 10.9. The van der Waals surface area contributed by atoms with Gasteiger partial charge in [0.15, 0.2) is 0 Å². The molecular formula is C12H16BrClN2O2. The molecule has 0 fully saturated rings. The molecule has 0 aliphatic heterocycles. The quantitative estimate of drug-likeness (QED) is 0.835. The molecule has 0 radical (unpaired) electrons. The molecular weight excluding hydrogens is 320 g/mol. The van der Waals surface area contributed by atoms with Crippen molar-refractivity contribution in [3.63, 3.8) is 0 Å². The number of halogens is 2. The first kappa shape index (κ1) is 15.2. The molecule has 1 aromatic heterocycles. The first-order valence-corrected chi connectivity index (χ1v) is 6.76. The molecule has 0 saturated heterocycles. The normalized spacial score (nSPS) is 13.8. The van der Waals surface area contributed by atoms with E-state index >= 15 is 0 Å². The summed E-state index contributed by atoms with van der Waals surface area (Å²) in [6, 6.07) is 1.76. The lowest BCUT2D eigenvalue weighted by atomic mass is 10.0. The van der Waals surface area contributed by atoms with Crippen molar-refractivity contribution >= 4 is 39.3 Å². The predicted molar refractivity (Wildman–Crippen MR) is 75.9 cm³/mol. The molecule has 4 nitrogen and oxygen atoms in total. The second-order valence-corrected chi connectivity index (χ2v) is 5.59. The maximum Gasteiger partial charge on any atom is 0.302 e. The lowest BCUT2D eigenvalue weighted by Gasteiger charge is -2.29. The Balaban J connectivity index is 2.80. The van der Waals surface area contributed by atoms with Crippen molar-refractivity contribution < 1.29 is 9.53 Å². The summed E-state index contributed by atoms with van der Waals surface area (Å²) in [5.74, 6) is 0.385. The highest BCUT2D eigenvalue weighted by atomic mass is 79.9. The Kier molecular flexibility index (Phi) is 5.41. The van der Waals surface area contributed by atoms with Crippen LogP contribution < -0.4 is 5.32 Å². The maximum absolute atomic E-state index is 10.9. The SMILES string of the molecule is CCC(C)(COC(C)=O)Nc1ncc(Cl)cc1Br. The van der Waals surface area contributed by atoms with Crippen LogP contribution in [-0.4, -0.2) is 23.1 Å². The van der Waals surface area contributed by atoms with Gasteiger partial charge in [-0.2, -0.15) is 0 Å². The topological polar surface area (TPSA) is 51.2 Å². The first-order chi connectivity index (χ1) is 8.36. The van der Waals surface area contributed by atoms with Gasteiger partial charge in [-0.1, -0.05) is 18.5 Å². The second-order valence-electron chi connectivity index (χ2n) is 4.30. The van der Waals surface area contributed by atoms with Gasteiger partial charge >= 0.3 is 5.97 Å². The summed E-state index contributed by atoms with van der Waals surface area (Å²) in [5, 5.41) is 3.82. The van der Waals surface area contributed by atoms with Crippen molar-refractivity contribution in [1.29, 1.82) is 0 Å². The molecule has 0 spiro atoms. The third-order valence-corrected chi connectivity index (χ3v) is 3.41. The van der Waals surface area contributed by atoms with Crippen molar-refractivity contribution in [2.24, 2.45) is 0 Å². The molecule has 0 aliphatic carbocycles. The molecule has 1 heterocycles. The summed E-state index contributed by atoms with van der Waals surface area (Å²) in [6.45, 7) is 5.67. The number of nitrogens with one attached hydrogen (secondary N) is 1. The number of carbonyl (C=O) groups excluding carboxylic acids is 1. The monoisotopic (exact) mass is 334 g/mol. The average Bonchev–Trinajstić information content (AvgIpc) is 2.30. The van der Waals surface area contributed by atoms with Crippen molar-refractivity contribution in [1.82, 2.24) is 4.98 Å². The highest BCUT2D eigenvalue weighted by molar-refractivity contribution is 9.10. The third-order valence-electron chi connectivity index (χ3n) is 2.60. The van der Waals surface area contributed by atoms with Gasteiger partial charge in [0.25, 0.3) is 0 Å². The van der Waals surface area contributed by atoms with Gasteiger partial charge in [0.05, 0.1) is 15.0 Å². The second kappa shape index (κ2) is 6.38. The summed E-state index contributed by atoms with van der Waals surface area (Å²) in [5.41, 5.74) is -0.366. The van der Waals surface area contributed by atoms with Crippen molar-refractivity contribution in [3.05, 3.63) is 21.8 Å². The summed E-state index contributed by atoms with van der Waals surface area (Å²) >= 11 is 9.23. The number of aromatic nitrogens is 1. The summed E-state index contributed by atoms with van der Waals surface area (Å²) < 4.78 is 5.84. The molecule has 6 heteroatoms. The Bertz CT molecular complexity index is 442. The number of nitrogens with zero attached hydrogens (tertiary/aromatic N) is 1. The fraction of sp³-hybridized carbons (Fsp3) is 0.500. The number of rotatable bonds is 5. The predicted octanol–water partition coefficient (Wildman–Crippen LogP) is 3.64. The largest absolute Gasteiger partial charge is 0.463 e. The molecule has 1 atom stereocenters. The van der Waals surface area contributed by atoms with E-state index in [0.717, 1.165) is 10.9 Å². The van der Waals surface area contributed by atoms with Crippen LogP contribution in [0.4, 0.5) is 5.82 Å². The highest BCUT2D eigenvalue weighted by Gasteiger charge is 2.24. The van der Waals surface area contributed by atoms with Crippen LogP contribution in [0.1, 0.15) is 27.2 Å². The van der Waals surface area contributed by atoms with E-state index in [2.05, 4.69) is 26.2 Å². The molecule has 18 heavy (non-hydrogen) atoms. The van der Waals surface area contributed by atoms with Gasteiger partial charge in [0, 0.05) is 13.1 Å². The van der Waals surface area contributed by atoms with Crippen LogP contribution in [0.15, 0.2) is 16.7 Å². The van der Waals surface area contributed by atoms with E-state index in [9.17, 15) is 4.79 Å². The Hall–Kier alpha value is -0.810. The van der Waals surface area contributed by atoms with Gasteiger partial charge in [-0.05, 0) is 35.3 Å². The third kappa shape index (κ3) is 4.46. The van der Waals surface area contributed by atoms with Crippen LogP contribution >= 0.6 is 27.5 Å². The summed E-state index contributed by atoms with van der Waals surface area (Å²) in [6.07, 6.45) is 2.35. The van der Waals surface area contributed by atoms with Gasteiger partial charge in [0.1, 0.15) is 12.4 Å². The van der Waals surface area contributed by atoms with E-state index in [1.807, 2.05) is 13.8 Å². The fourth-order valence-electron chi connectivity index (χ4n) is 1.28. The smallest absolute Gasteiger partial charge is 0.302 e. The number of hydrogen-bond acceptors (Lipinski definition) is 4. The van der Waals surface area contributed by atoms with Gasteiger partial charge < -0.3 is 10.1 Å². The minimum absolute atomic E-state index is 0.287. The Morgan fingerprint density at radius 2 is 2.33 bits per heavy atom. The van der Waals surface area contributed by atoms with Crippen LogP contribution in [0.2, 0.25) is 5.02 Å². The molecule has 1 unspecified atom stereocenters. The molecule has 1 N–H and O–H groups in total. The Labute approximate surface area is 120 Å². The highest BCUT2D eigenvalue weighted by Crippen LogP contribution is 2.27. The van der Waals surface area contributed by atoms with Crippen LogP contribution in [0.25, 0.3) is 0 Å². The number of ether oxygens (including phenoxy) is 1. The zero-order chi connectivity index (χ0) is 13.8. The number of esters is 1. The van der Waals surface area contributed by atoms with Crippen LogP contribution in [0.5, 0.6) is 0 Å². The summed E-state index contributed by atoms with van der Waals surface area (Å²) in [7, 11) is 0. The molecule has 1 rings (SSSR count). The van der Waals surface area contributed by atoms with E-state index in [4.69, 9.17) is 16.3 Å². The number of hydrogen-bond donors (Lipinski definition) is 1. The Morgan fingerprint density at radius 3 is 2.83 bits per heavy atom. The van der Waals surface area contributed by atoms with Gasteiger partial charge in [-0.3, -0.25) is 4.79 Å². The number of pyridine rings is 1. The molecule has 0 aromatic carbocycles. The zero-order valence-electron chi connectivity index (χ0n) is 10.6. The average molecular weight is 336 g/mol. The molecule has 1 aromatic rings. The Morgan fingerprint density at radius 1 is 1.67 bits per heavy atom. The van der Waals surface area contributed by atoms with Crippen molar-refractivity contribution in [2.45, 2.75) is 32.7 Å². The summed E-state index contributed by atoms with van der Waals surface area (Å²) in [4.78, 5) is 15.1. The molecule has 0 aliphatic rings. The van der Waals surface area contributed by atoms with Crippen LogP contribution in [-0.2, 0) is 9.53 Å². The number of anilines is 1. The van der Waals surface area contributed by atoms with E-state index in [1.54, 1.807) is 12.3 Å². The molecule has 0 bridgehead atoms. The first-order valence-electron chi connectivity index (χ1n) is 5.59. The fourth-order valence-corrected chi connectivity index (χ4v) is 2.02. The lowest BCUT2D eigenvalue weighted by Crippen LogP contribution is -2.40. The van der Waals surface area contributed by atoms with Crippen molar-refractivity contribution in [2.75, 3.05) is 11.9 Å². The van der Waals surface area contributed by atoms with Crippen LogP contribution in [0.3, 0.4) is 0 Å². The number of carbonyl (C=O) groups is 1. The molecule has 0 saturated carbocycles. The lowest BCUT2D eigenvalue weighted by molar-refractivity contribution is -0.142. The van der Waals surface area contributed by atoms with Crippen LogP contribution in [0, 0.1) is 0 Å². The zero-order valence-corrected chi connectivity index (χ0v) is 12.9. The van der Waals surface area contributed by atoms with Crippen molar-refractivity contribution in [3.8, 4) is 0 Å². The molecule has 0 amide bonds. The van der Waals surface area contributed by atoms with E-state index < -0.39 is 0 Å². The standard InChI is InChI=1S/C12H16BrClN2O2/c1-4-12(3,7-18-8(2)17)16-11-10(13)5-9(14)6-15-11/h5-6H,4,7H2,1-3H3,(H,15,16). The van der Waals surface area contributed by atoms with E-state index in [0.29, 0.717) is 10.8 Å². The van der Waals surface area contributed by atoms with Gasteiger partial charge in [0.2, 0.25) is 0 Å². The molecule has 100 valence electrons. The van der Waals surface area contributed by atoms with Gasteiger partial charge in [-0.25, -0.2) is 4.98 Å². The van der Waals surface area contributed by atoms with E-state index in [1.165, 1.54) is 6.92 Å². The minimum Gasteiger partial charge on any atom is -0.463 e. The van der Waals surface area contributed by atoms with Gasteiger partial charge in [-0.15, -0.1) is 0 Å². The minimum atomic E-state index is -0.366.